The fourth-order valence-corrected chi connectivity index (χ4v) is 2.46. The Bertz CT molecular complexity index is 551. The second-order valence-corrected chi connectivity index (χ2v) is 4.47. The van der Waals surface area contributed by atoms with Crippen molar-refractivity contribution in [3.63, 3.8) is 0 Å². The van der Waals surface area contributed by atoms with Crippen molar-refractivity contribution in [1.82, 2.24) is 4.98 Å². The first-order chi connectivity index (χ1) is 8.19. The molecule has 0 amide bonds. The number of benzene rings is 1. The highest BCUT2D eigenvalue weighted by molar-refractivity contribution is 6.36. The summed E-state index contributed by atoms with van der Waals surface area (Å²) < 4.78 is 5.32. The number of hydrogen-bond donors (Lipinski definition) is 0. The largest absolute Gasteiger partial charge is 0.494 e. The standard InChI is InChI=1S/C14H16ClNO/c1-4-6-10-9(2)16-14-11(13(10)15)7-5-8-12(14)17-3/h5,7-8H,4,6H2,1-3H3. The average Bonchev–Trinajstić information content (AvgIpc) is 2.34. The number of aryl methyl sites for hydroxylation is 1. The zero-order valence-corrected chi connectivity index (χ0v) is 11.1. The molecule has 0 N–H and O–H groups in total. The molecule has 0 radical (unpaired) electrons. The Labute approximate surface area is 107 Å². The van der Waals surface area contributed by atoms with E-state index < -0.39 is 0 Å². The molecule has 0 fully saturated rings. The molecule has 17 heavy (non-hydrogen) atoms. The van der Waals surface area contributed by atoms with Crippen LogP contribution in [0.2, 0.25) is 5.02 Å². The quantitative estimate of drug-likeness (QED) is 0.815. The molecule has 0 aliphatic rings. The molecule has 3 heteroatoms. The first-order valence-corrected chi connectivity index (χ1v) is 6.18. The van der Waals surface area contributed by atoms with Gasteiger partial charge in [-0.15, -0.1) is 0 Å². The van der Waals surface area contributed by atoms with Gasteiger partial charge >= 0.3 is 0 Å². The van der Waals surface area contributed by atoms with Crippen LogP contribution in [0.4, 0.5) is 0 Å². The summed E-state index contributed by atoms with van der Waals surface area (Å²) in [4.78, 5) is 4.62. The molecule has 0 spiro atoms. The van der Waals surface area contributed by atoms with Gasteiger partial charge in [-0.2, -0.15) is 0 Å². The second kappa shape index (κ2) is 4.92. The molecule has 2 aromatic rings. The van der Waals surface area contributed by atoms with Gasteiger partial charge in [0.2, 0.25) is 0 Å². The van der Waals surface area contributed by atoms with E-state index in [1.54, 1.807) is 7.11 Å². The smallest absolute Gasteiger partial charge is 0.145 e. The van der Waals surface area contributed by atoms with Crippen LogP contribution in [0, 0.1) is 6.92 Å². The molecule has 1 aromatic carbocycles. The minimum absolute atomic E-state index is 0.774. The van der Waals surface area contributed by atoms with Gasteiger partial charge in [-0.3, -0.25) is 0 Å². The predicted octanol–water partition coefficient (Wildman–Crippen LogP) is 4.16. The van der Waals surface area contributed by atoms with E-state index in [0.29, 0.717) is 0 Å². The number of nitrogens with zero attached hydrogens (tertiary/aromatic N) is 1. The van der Waals surface area contributed by atoms with Crippen molar-refractivity contribution in [2.24, 2.45) is 0 Å². The van der Waals surface area contributed by atoms with Crippen LogP contribution in [0.25, 0.3) is 10.9 Å². The van der Waals surface area contributed by atoms with Crippen molar-refractivity contribution in [3.05, 3.63) is 34.5 Å². The number of pyridine rings is 1. The maximum Gasteiger partial charge on any atom is 0.145 e. The maximum atomic E-state index is 6.46. The van der Waals surface area contributed by atoms with E-state index in [0.717, 1.165) is 45.8 Å². The van der Waals surface area contributed by atoms with Crippen LogP contribution >= 0.6 is 11.6 Å². The molecule has 0 unspecified atom stereocenters. The Morgan fingerprint density at radius 3 is 2.76 bits per heavy atom. The molecule has 0 atom stereocenters. The van der Waals surface area contributed by atoms with Gasteiger partial charge in [-0.25, -0.2) is 4.98 Å². The molecule has 0 bridgehead atoms. The zero-order chi connectivity index (χ0) is 12.4. The minimum atomic E-state index is 0.774. The second-order valence-electron chi connectivity index (χ2n) is 4.10. The van der Waals surface area contributed by atoms with Crippen LogP contribution in [0.5, 0.6) is 5.75 Å². The zero-order valence-electron chi connectivity index (χ0n) is 10.4. The first-order valence-electron chi connectivity index (χ1n) is 5.80. The highest BCUT2D eigenvalue weighted by Gasteiger charge is 2.12. The average molecular weight is 250 g/mol. The monoisotopic (exact) mass is 249 g/mol. The van der Waals surface area contributed by atoms with E-state index >= 15 is 0 Å². The number of para-hydroxylation sites is 1. The fourth-order valence-electron chi connectivity index (χ4n) is 2.08. The van der Waals surface area contributed by atoms with Gasteiger partial charge in [0.15, 0.2) is 0 Å². The van der Waals surface area contributed by atoms with E-state index in [1.807, 2.05) is 25.1 Å². The van der Waals surface area contributed by atoms with Crippen molar-refractivity contribution in [3.8, 4) is 5.75 Å². The lowest BCUT2D eigenvalue weighted by molar-refractivity contribution is 0.419. The van der Waals surface area contributed by atoms with Crippen LogP contribution < -0.4 is 4.74 Å². The summed E-state index contributed by atoms with van der Waals surface area (Å²) in [6.07, 6.45) is 2.03. The van der Waals surface area contributed by atoms with Crippen LogP contribution in [0.1, 0.15) is 24.6 Å². The third-order valence-electron chi connectivity index (χ3n) is 2.94. The van der Waals surface area contributed by atoms with Crippen molar-refractivity contribution in [2.45, 2.75) is 26.7 Å². The Balaban J connectivity index is 2.76. The molecule has 0 aliphatic carbocycles. The van der Waals surface area contributed by atoms with Crippen LogP contribution in [0.15, 0.2) is 18.2 Å². The van der Waals surface area contributed by atoms with Crippen LogP contribution in [-0.4, -0.2) is 12.1 Å². The SMILES string of the molecule is CCCc1c(C)nc2c(OC)cccc2c1Cl. The van der Waals surface area contributed by atoms with Crippen molar-refractivity contribution >= 4 is 22.5 Å². The normalized spacial score (nSPS) is 10.8. The van der Waals surface area contributed by atoms with Gasteiger partial charge in [-0.1, -0.05) is 37.1 Å². The minimum Gasteiger partial charge on any atom is -0.494 e. The Morgan fingerprint density at radius 1 is 1.35 bits per heavy atom. The number of methoxy groups -OCH3 is 1. The molecule has 0 saturated heterocycles. The number of hydrogen-bond acceptors (Lipinski definition) is 2. The lowest BCUT2D eigenvalue weighted by Crippen LogP contribution is -1.97. The summed E-state index contributed by atoms with van der Waals surface area (Å²) in [5, 5.41) is 1.79. The summed E-state index contributed by atoms with van der Waals surface area (Å²) >= 11 is 6.46. The Morgan fingerprint density at radius 2 is 2.12 bits per heavy atom. The highest BCUT2D eigenvalue weighted by Crippen LogP contribution is 2.33. The molecule has 0 aliphatic heterocycles. The van der Waals surface area contributed by atoms with Crippen LogP contribution in [-0.2, 0) is 6.42 Å². The van der Waals surface area contributed by atoms with Gasteiger partial charge < -0.3 is 4.74 Å². The lowest BCUT2D eigenvalue weighted by Gasteiger charge is -2.12. The number of rotatable bonds is 3. The summed E-state index contributed by atoms with van der Waals surface area (Å²) in [7, 11) is 1.65. The predicted molar refractivity (Wildman–Crippen MR) is 72.0 cm³/mol. The van der Waals surface area contributed by atoms with Crippen molar-refractivity contribution < 1.29 is 4.74 Å². The molecule has 2 nitrogen and oxygen atoms in total. The summed E-state index contributed by atoms with van der Waals surface area (Å²) in [6.45, 7) is 4.15. The third-order valence-corrected chi connectivity index (χ3v) is 3.37. The number of halogens is 1. The number of aromatic nitrogens is 1. The Kier molecular flexibility index (Phi) is 3.53. The van der Waals surface area contributed by atoms with Crippen LogP contribution in [0.3, 0.4) is 0 Å². The fraction of sp³-hybridized carbons (Fsp3) is 0.357. The summed E-state index contributed by atoms with van der Waals surface area (Å²) in [5.74, 6) is 0.774. The summed E-state index contributed by atoms with van der Waals surface area (Å²) in [6, 6.07) is 5.84. The molecular formula is C14H16ClNO. The maximum absolute atomic E-state index is 6.46. The molecule has 90 valence electrons. The van der Waals surface area contributed by atoms with Gasteiger partial charge in [-0.05, 0) is 25.0 Å². The molecule has 1 aromatic heterocycles. The van der Waals surface area contributed by atoms with E-state index in [2.05, 4.69) is 11.9 Å². The third kappa shape index (κ3) is 2.09. The lowest BCUT2D eigenvalue weighted by atomic mass is 10.1. The van der Waals surface area contributed by atoms with Crippen molar-refractivity contribution in [1.29, 1.82) is 0 Å². The van der Waals surface area contributed by atoms with Gasteiger partial charge in [0, 0.05) is 11.1 Å². The molecule has 1 heterocycles. The Hall–Kier alpha value is -1.28. The first kappa shape index (κ1) is 12.2. The summed E-state index contributed by atoms with van der Waals surface area (Å²) in [5.41, 5.74) is 2.99. The van der Waals surface area contributed by atoms with E-state index in [9.17, 15) is 0 Å². The number of ether oxygens (including phenoxy) is 1. The van der Waals surface area contributed by atoms with Gasteiger partial charge in [0.25, 0.3) is 0 Å². The van der Waals surface area contributed by atoms with E-state index in [4.69, 9.17) is 16.3 Å². The van der Waals surface area contributed by atoms with Crippen molar-refractivity contribution in [2.75, 3.05) is 7.11 Å². The molecule has 0 saturated carbocycles. The van der Waals surface area contributed by atoms with Gasteiger partial charge in [0.1, 0.15) is 11.3 Å². The topological polar surface area (TPSA) is 22.1 Å². The van der Waals surface area contributed by atoms with E-state index in [1.165, 1.54) is 0 Å². The number of fused-ring (bicyclic) bond motifs is 1. The van der Waals surface area contributed by atoms with Gasteiger partial charge in [0.05, 0.1) is 12.1 Å². The molecular weight excluding hydrogens is 234 g/mol. The highest BCUT2D eigenvalue weighted by atomic mass is 35.5. The van der Waals surface area contributed by atoms with E-state index in [-0.39, 0.29) is 0 Å². The molecule has 2 rings (SSSR count).